The monoisotopic (exact) mass is 365 g/mol. The fourth-order valence-corrected chi connectivity index (χ4v) is 4.15. The Morgan fingerprint density at radius 1 is 1.04 bits per heavy atom. The van der Waals surface area contributed by atoms with Gasteiger partial charge in [-0.25, -0.2) is 0 Å². The minimum absolute atomic E-state index is 0.0397. The van der Waals surface area contributed by atoms with Crippen LogP contribution in [0.2, 0.25) is 0 Å². The number of amides is 1. The molecule has 2 fully saturated rings. The van der Waals surface area contributed by atoms with Crippen LogP contribution in [0.1, 0.15) is 48.0 Å². The number of piperidine rings is 1. The van der Waals surface area contributed by atoms with Crippen molar-refractivity contribution in [1.82, 2.24) is 4.90 Å². The lowest BCUT2D eigenvalue weighted by Crippen LogP contribution is -2.52. The number of hydrogen-bond donors (Lipinski definition) is 1. The Hall–Kier alpha value is -2.33. The summed E-state index contributed by atoms with van der Waals surface area (Å²) in [5.41, 5.74) is 1.03. The molecular formula is C23H27NO3. The van der Waals surface area contributed by atoms with E-state index in [4.69, 9.17) is 4.74 Å². The van der Waals surface area contributed by atoms with E-state index < -0.39 is 5.60 Å². The third kappa shape index (κ3) is 3.86. The second kappa shape index (κ2) is 7.73. The number of likely N-dealkylation sites (tertiary alicyclic amines) is 1. The van der Waals surface area contributed by atoms with E-state index in [0.29, 0.717) is 44.0 Å². The predicted molar refractivity (Wildman–Crippen MR) is 105 cm³/mol. The number of nitrogens with zero attached hydrogens (tertiary/aromatic N) is 1. The van der Waals surface area contributed by atoms with Crippen LogP contribution >= 0.6 is 0 Å². The van der Waals surface area contributed by atoms with E-state index in [0.717, 1.165) is 24.2 Å². The minimum Gasteiger partial charge on any atom is -0.489 e. The maximum absolute atomic E-state index is 13.1. The van der Waals surface area contributed by atoms with Crippen molar-refractivity contribution < 1.29 is 14.6 Å². The highest BCUT2D eigenvalue weighted by atomic mass is 16.5. The van der Waals surface area contributed by atoms with Crippen molar-refractivity contribution in [2.45, 2.75) is 44.3 Å². The summed E-state index contributed by atoms with van der Waals surface area (Å²) in [6.07, 6.45) is 4.86. The molecule has 142 valence electrons. The van der Waals surface area contributed by atoms with Crippen molar-refractivity contribution in [3.63, 3.8) is 0 Å². The first-order chi connectivity index (χ1) is 13.2. The van der Waals surface area contributed by atoms with E-state index in [9.17, 15) is 9.90 Å². The minimum atomic E-state index is -0.565. The van der Waals surface area contributed by atoms with Gasteiger partial charge >= 0.3 is 0 Å². The first-order valence-electron chi connectivity index (χ1n) is 9.93. The van der Waals surface area contributed by atoms with Gasteiger partial charge in [-0.3, -0.25) is 4.79 Å². The van der Waals surface area contributed by atoms with Gasteiger partial charge in [-0.2, -0.15) is 0 Å². The number of carbonyl (C=O) groups is 1. The molecule has 1 amide bonds. The average molecular weight is 365 g/mol. The smallest absolute Gasteiger partial charge is 0.254 e. The zero-order valence-corrected chi connectivity index (χ0v) is 15.6. The molecule has 1 N–H and O–H groups in total. The molecule has 4 heteroatoms. The van der Waals surface area contributed by atoms with Crippen LogP contribution in [0, 0.1) is 5.92 Å². The molecule has 2 aliphatic rings. The van der Waals surface area contributed by atoms with E-state index in [1.807, 2.05) is 59.5 Å². The van der Waals surface area contributed by atoms with Crippen LogP contribution in [0.3, 0.4) is 0 Å². The van der Waals surface area contributed by atoms with Gasteiger partial charge in [-0.1, -0.05) is 42.8 Å². The summed E-state index contributed by atoms with van der Waals surface area (Å²) in [7, 11) is 0. The second-order valence-electron chi connectivity index (χ2n) is 7.78. The van der Waals surface area contributed by atoms with E-state index >= 15 is 0 Å². The van der Waals surface area contributed by atoms with Crippen LogP contribution in [0.15, 0.2) is 54.6 Å². The van der Waals surface area contributed by atoms with Gasteiger partial charge in [0.25, 0.3) is 5.91 Å². The molecule has 2 aromatic carbocycles. The van der Waals surface area contributed by atoms with Gasteiger partial charge in [0.05, 0.1) is 5.60 Å². The Morgan fingerprint density at radius 3 is 2.37 bits per heavy atom. The molecule has 1 aliphatic carbocycles. The largest absolute Gasteiger partial charge is 0.489 e. The number of hydrogen-bond acceptors (Lipinski definition) is 3. The Kier molecular flexibility index (Phi) is 5.17. The molecule has 0 atom stereocenters. The van der Waals surface area contributed by atoms with E-state index in [2.05, 4.69) is 0 Å². The molecule has 4 rings (SSSR count). The summed E-state index contributed by atoms with van der Waals surface area (Å²) in [6, 6.07) is 17.3. The molecule has 1 heterocycles. The summed E-state index contributed by atoms with van der Waals surface area (Å²) >= 11 is 0. The van der Waals surface area contributed by atoms with Crippen molar-refractivity contribution in [3.05, 3.63) is 65.7 Å². The number of carbonyl (C=O) groups excluding carboxylic acids is 1. The topological polar surface area (TPSA) is 49.8 Å². The van der Waals surface area contributed by atoms with Gasteiger partial charge < -0.3 is 14.7 Å². The highest BCUT2D eigenvalue weighted by Crippen LogP contribution is 2.42. The fraction of sp³-hybridized carbons (Fsp3) is 0.435. The summed E-state index contributed by atoms with van der Waals surface area (Å²) in [5.74, 6) is 1.27. The Bertz CT molecular complexity index is 777. The van der Waals surface area contributed by atoms with Crippen molar-refractivity contribution in [1.29, 1.82) is 0 Å². The van der Waals surface area contributed by atoms with Gasteiger partial charge in [-0.05, 0) is 49.8 Å². The summed E-state index contributed by atoms with van der Waals surface area (Å²) in [5, 5.41) is 10.9. The van der Waals surface area contributed by atoms with Crippen LogP contribution in [-0.2, 0) is 6.61 Å². The zero-order valence-electron chi connectivity index (χ0n) is 15.6. The van der Waals surface area contributed by atoms with Crippen LogP contribution < -0.4 is 4.74 Å². The normalized spacial score (nSPS) is 19.4. The maximum atomic E-state index is 13.1. The third-order valence-electron chi connectivity index (χ3n) is 6.17. The maximum Gasteiger partial charge on any atom is 0.254 e. The standard InChI is InChI=1S/C23H27NO3/c25-22(24-15-13-23(26,14-16-24)19-8-6-9-19)21-12-5-4-7-18(21)17-27-20-10-2-1-3-11-20/h1-5,7,10-12,19,26H,6,8-9,13-17H2. The van der Waals surface area contributed by atoms with Crippen molar-refractivity contribution in [3.8, 4) is 5.75 Å². The van der Waals surface area contributed by atoms with Crippen LogP contribution in [0.5, 0.6) is 5.75 Å². The molecule has 0 radical (unpaired) electrons. The summed E-state index contributed by atoms with van der Waals surface area (Å²) < 4.78 is 5.85. The number of benzene rings is 2. The highest BCUT2D eigenvalue weighted by Gasteiger charge is 2.43. The molecule has 1 saturated heterocycles. The SMILES string of the molecule is O=C(c1ccccc1COc1ccccc1)N1CCC(O)(C2CCC2)CC1. The Morgan fingerprint density at radius 2 is 1.70 bits per heavy atom. The second-order valence-corrected chi connectivity index (χ2v) is 7.78. The number of para-hydroxylation sites is 1. The third-order valence-corrected chi connectivity index (χ3v) is 6.17. The summed E-state index contributed by atoms with van der Waals surface area (Å²) in [4.78, 5) is 15.0. The van der Waals surface area contributed by atoms with Crippen LogP contribution in [0.25, 0.3) is 0 Å². The Labute approximate surface area is 160 Å². The average Bonchev–Trinajstić information content (AvgIpc) is 2.66. The lowest BCUT2D eigenvalue weighted by molar-refractivity contribution is -0.0862. The lowest BCUT2D eigenvalue weighted by Gasteiger charge is -2.46. The molecule has 1 saturated carbocycles. The molecule has 4 nitrogen and oxygen atoms in total. The molecule has 0 unspecified atom stereocenters. The molecule has 27 heavy (non-hydrogen) atoms. The molecule has 0 spiro atoms. The predicted octanol–water partition coefficient (Wildman–Crippen LogP) is 4.03. The molecule has 0 bridgehead atoms. The first-order valence-corrected chi connectivity index (χ1v) is 9.93. The first kappa shape index (κ1) is 18.1. The van der Waals surface area contributed by atoms with Gasteiger partial charge in [-0.15, -0.1) is 0 Å². The lowest BCUT2D eigenvalue weighted by atomic mass is 9.69. The quantitative estimate of drug-likeness (QED) is 0.870. The molecule has 2 aromatic rings. The highest BCUT2D eigenvalue weighted by molar-refractivity contribution is 5.95. The zero-order chi connectivity index (χ0) is 18.7. The van der Waals surface area contributed by atoms with E-state index in [1.54, 1.807) is 0 Å². The molecule has 0 aromatic heterocycles. The van der Waals surface area contributed by atoms with Crippen LogP contribution in [-0.4, -0.2) is 34.6 Å². The van der Waals surface area contributed by atoms with Gasteiger partial charge in [0, 0.05) is 24.2 Å². The van der Waals surface area contributed by atoms with Crippen molar-refractivity contribution in [2.75, 3.05) is 13.1 Å². The number of aliphatic hydroxyl groups is 1. The van der Waals surface area contributed by atoms with Gasteiger partial charge in [0.2, 0.25) is 0 Å². The summed E-state index contributed by atoms with van der Waals surface area (Å²) in [6.45, 7) is 1.62. The fourth-order valence-electron chi connectivity index (χ4n) is 4.15. The van der Waals surface area contributed by atoms with Gasteiger partial charge in [0.1, 0.15) is 12.4 Å². The van der Waals surface area contributed by atoms with Crippen molar-refractivity contribution in [2.24, 2.45) is 5.92 Å². The van der Waals surface area contributed by atoms with E-state index in [1.165, 1.54) is 6.42 Å². The van der Waals surface area contributed by atoms with Crippen molar-refractivity contribution >= 4 is 5.91 Å². The van der Waals surface area contributed by atoms with E-state index in [-0.39, 0.29) is 5.91 Å². The van der Waals surface area contributed by atoms with Crippen LogP contribution in [0.4, 0.5) is 0 Å². The number of rotatable bonds is 5. The molecular weight excluding hydrogens is 338 g/mol. The van der Waals surface area contributed by atoms with Gasteiger partial charge in [0.15, 0.2) is 0 Å². The number of ether oxygens (including phenoxy) is 1. The molecule has 1 aliphatic heterocycles. The Balaban J connectivity index is 1.41.